The van der Waals surface area contributed by atoms with Gasteiger partial charge in [-0.2, -0.15) is 0 Å². The van der Waals surface area contributed by atoms with Crippen LogP contribution in [0.4, 0.5) is 4.79 Å². The van der Waals surface area contributed by atoms with E-state index in [0.717, 1.165) is 6.42 Å². The third-order valence-electron chi connectivity index (χ3n) is 3.11. The molecule has 4 N–H and O–H groups in total. The largest absolute Gasteiger partial charge is 0.448 e. The van der Waals surface area contributed by atoms with Crippen LogP contribution in [-0.4, -0.2) is 50.2 Å². The molecule has 0 spiro atoms. The van der Waals surface area contributed by atoms with Crippen molar-refractivity contribution in [3.05, 3.63) is 0 Å². The highest BCUT2D eigenvalue weighted by molar-refractivity contribution is 5.64. The first kappa shape index (κ1) is 19.1. The van der Waals surface area contributed by atoms with E-state index in [1.54, 1.807) is 0 Å². The van der Waals surface area contributed by atoms with Crippen molar-refractivity contribution in [1.82, 2.24) is 5.32 Å². The molecule has 2 atom stereocenters. The Labute approximate surface area is 122 Å². The predicted octanol–water partition coefficient (Wildman–Crippen LogP) is 1.27. The second-order valence-electron chi connectivity index (χ2n) is 4.98. The lowest BCUT2D eigenvalue weighted by Gasteiger charge is -2.17. The second kappa shape index (κ2) is 13.1. The van der Waals surface area contributed by atoms with Gasteiger partial charge in [0.15, 0.2) is 0 Å². The van der Waals surface area contributed by atoms with Crippen LogP contribution in [0.1, 0.15) is 39.5 Å². The van der Waals surface area contributed by atoms with Gasteiger partial charge in [0.1, 0.15) is 6.61 Å². The Kier molecular flexibility index (Phi) is 12.6. The van der Waals surface area contributed by atoms with Crippen LogP contribution in [0.3, 0.4) is 0 Å². The molecular formula is C14H30N2O4. The molecule has 2 unspecified atom stereocenters. The van der Waals surface area contributed by atoms with E-state index < -0.39 is 12.2 Å². The van der Waals surface area contributed by atoms with Gasteiger partial charge in [-0.25, -0.2) is 4.79 Å². The third-order valence-corrected chi connectivity index (χ3v) is 3.11. The fraction of sp³-hybridized carbons (Fsp3) is 0.929. The summed E-state index contributed by atoms with van der Waals surface area (Å²) >= 11 is 0. The number of rotatable bonds is 13. The van der Waals surface area contributed by atoms with Crippen LogP contribution in [0.2, 0.25) is 0 Å². The van der Waals surface area contributed by atoms with E-state index in [0.29, 0.717) is 32.2 Å². The number of amides is 1. The van der Waals surface area contributed by atoms with Gasteiger partial charge in [0.05, 0.1) is 12.7 Å². The molecule has 0 heterocycles. The number of unbranched alkanes of at least 4 members (excludes halogenated alkanes) is 1. The van der Waals surface area contributed by atoms with Gasteiger partial charge < -0.3 is 25.6 Å². The molecule has 0 aromatic heterocycles. The number of ether oxygens (including phenoxy) is 2. The SMILES string of the molecule is CCCCC(CC)COCC(O)CNCCOC(N)=O. The molecule has 0 aromatic carbocycles. The second-order valence-corrected chi connectivity index (χ2v) is 4.98. The summed E-state index contributed by atoms with van der Waals surface area (Å²) in [6.45, 7) is 6.47. The van der Waals surface area contributed by atoms with Gasteiger partial charge in [0, 0.05) is 19.7 Å². The number of hydrogen-bond acceptors (Lipinski definition) is 5. The molecule has 6 heteroatoms. The molecule has 20 heavy (non-hydrogen) atoms. The van der Waals surface area contributed by atoms with Crippen molar-refractivity contribution in [3.8, 4) is 0 Å². The maximum Gasteiger partial charge on any atom is 0.404 e. The first-order valence-corrected chi connectivity index (χ1v) is 7.48. The molecule has 0 radical (unpaired) electrons. The number of carbonyl (C=O) groups excluding carboxylic acids is 1. The molecule has 1 amide bonds. The van der Waals surface area contributed by atoms with Gasteiger partial charge in [0.2, 0.25) is 0 Å². The number of aliphatic hydroxyl groups excluding tert-OH is 1. The maximum atomic E-state index is 10.3. The van der Waals surface area contributed by atoms with Gasteiger partial charge in [-0.3, -0.25) is 0 Å². The van der Waals surface area contributed by atoms with Crippen molar-refractivity contribution in [1.29, 1.82) is 0 Å². The van der Waals surface area contributed by atoms with E-state index in [-0.39, 0.29) is 6.61 Å². The van der Waals surface area contributed by atoms with Crippen LogP contribution >= 0.6 is 0 Å². The summed E-state index contributed by atoms with van der Waals surface area (Å²) in [5.41, 5.74) is 4.82. The Hall–Kier alpha value is -0.850. The third kappa shape index (κ3) is 12.2. The first-order chi connectivity index (χ1) is 9.60. The molecule has 0 saturated carbocycles. The molecule has 120 valence electrons. The summed E-state index contributed by atoms with van der Waals surface area (Å²) < 4.78 is 10.1. The maximum absolute atomic E-state index is 10.3. The van der Waals surface area contributed by atoms with Crippen LogP contribution in [0.25, 0.3) is 0 Å². The molecular weight excluding hydrogens is 260 g/mol. The van der Waals surface area contributed by atoms with E-state index in [2.05, 4.69) is 23.9 Å². The van der Waals surface area contributed by atoms with E-state index in [1.807, 2.05) is 0 Å². The summed E-state index contributed by atoms with van der Waals surface area (Å²) in [7, 11) is 0. The summed E-state index contributed by atoms with van der Waals surface area (Å²) in [5, 5.41) is 12.7. The molecule has 0 rings (SSSR count). The minimum atomic E-state index is -0.784. The number of nitrogens with two attached hydrogens (primary N) is 1. The van der Waals surface area contributed by atoms with Crippen molar-refractivity contribution in [2.45, 2.75) is 45.6 Å². The lowest BCUT2D eigenvalue weighted by molar-refractivity contribution is 0.0190. The standard InChI is InChI=1S/C14H30N2O4/c1-3-5-6-12(4-2)10-19-11-13(17)9-16-7-8-20-14(15)18/h12-13,16-17H,3-11H2,1-2H3,(H2,15,18). The quantitative estimate of drug-likeness (QED) is 0.444. The molecule has 0 fully saturated rings. The zero-order chi connectivity index (χ0) is 15.2. The lowest BCUT2D eigenvalue weighted by atomic mass is 10.0. The number of carbonyl (C=O) groups is 1. The van der Waals surface area contributed by atoms with E-state index in [9.17, 15) is 9.90 Å². The summed E-state index contributed by atoms with van der Waals surface area (Å²) in [5.74, 6) is 0.582. The number of nitrogens with one attached hydrogen (secondary N) is 1. The van der Waals surface area contributed by atoms with Gasteiger partial charge in [-0.15, -0.1) is 0 Å². The Morgan fingerprint density at radius 1 is 1.35 bits per heavy atom. The van der Waals surface area contributed by atoms with Crippen molar-refractivity contribution >= 4 is 6.09 Å². The summed E-state index contributed by atoms with van der Waals surface area (Å²) in [4.78, 5) is 10.3. The molecule has 0 aliphatic carbocycles. The fourth-order valence-electron chi connectivity index (χ4n) is 1.82. The predicted molar refractivity (Wildman–Crippen MR) is 78.5 cm³/mol. The molecule has 6 nitrogen and oxygen atoms in total. The average Bonchev–Trinajstić information content (AvgIpc) is 2.41. The molecule has 0 aliphatic rings. The minimum Gasteiger partial charge on any atom is -0.448 e. The Balaban J connectivity index is 3.47. The normalized spacial score (nSPS) is 13.9. The Bertz CT molecular complexity index is 239. The van der Waals surface area contributed by atoms with Crippen LogP contribution in [0.5, 0.6) is 0 Å². The summed E-state index contributed by atoms with van der Waals surface area (Å²) in [6, 6.07) is 0. The van der Waals surface area contributed by atoms with Gasteiger partial charge in [-0.1, -0.05) is 33.1 Å². The van der Waals surface area contributed by atoms with Gasteiger partial charge in [-0.05, 0) is 12.3 Å². The van der Waals surface area contributed by atoms with E-state index >= 15 is 0 Å². The van der Waals surface area contributed by atoms with Crippen LogP contribution in [0, 0.1) is 5.92 Å². The van der Waals surface area contributed by atoms with E-state index in [4.69, 9.17) is 10.5 Å². The van der Waals surface area contributed by atoms with Crippen molar-refractivity contribution in [2.24, 2.45) is 11.7 Å². The first-order valence-electron chi connectivity index (χ1n) is 7.48. The molecule has 0 saturated heterocycles. The smallest absolute Gasteiger partial charge is 0.404 e. The van der Waals surface area contributed by atoms with Gasteiger partial charge >= 0.3 is 6.09 Å². The monoisotopic (exact) mass is 290 g/mol. The molecule has 0 aliphatic heterocycles. The zero-order valence-electron chi connectivity index (χ0n) is 12.8. The fourth-order valence-corrected chi connectivity index (χ4v) is 1.82. The highest BCUT2D eigenvalue weighted by Gasteiger charge is 2.08. The van der Waals surface area contributed by atoms with Gasteiger partial charge in [0.25, 0.3) is 0 Å². The number of primary amides is 1. The average molecular weight is 290 g/mol. The lowest BCUT2D eigenvalue weighted by Crippen LogP contribution is -2.33. The van der Waals surface area contributed by atoms with Crippen LogP contribution in [-0.2, 0) is 9.47 Å². The Morgan fingerprint density at radius 2 is 2.10 bits per heavy atom. The summed E-state index contributed by atoms with van der Waals surface area (Å²) in [6.07, 6.45) is 3.40. The van der Waals surface area contributed by atoms with E-state index in [1.165, 1.54) is 19.3 Å². The highest BCUT2D eigenvalue weighted by Crippen LogP contribution is 2.12. The van der Waals surface area contributed by atoms with Crippen molar-refractivity contribution < 1.29 is 19.4 Å². The van der Waals surface area contributed by atoms with Crippen LogP contribution in [0.15, 0.2) is 0 Å². The number of hydrogen-bond donors (Lipinski definition) is 3. The van der Waals surface area contributed by atoms with Crippen molar-refractivity contribution in [3.63, 3.8) is 0 Å². The number of aliphatic hydroxyl groups is 1. The highest BCUT2D eigenvalue weighted by atomic mass is 16.5. The zero-order valence-corrected chi connectivity index (χ0v) is 12.8. The topological polar surface area (TPSA) is 93.8 Å². The minimum absolute atomic E-state index is 0.206. The van der Waals surface area contributed by atoms with Crippen molar-refractivity contribution in [2.75, 3.05) is 32.9 Å². The molecule has 0 bridgehead atoms. The van der Waals surface area contributed by atoms with Crippen LogP contribution < -0.4 is 11.1 Å². The molecule has 0 aromatic rings. The Morgan fingerprint density at radius 3 is 2.70 bits per heavy atom.